The van der Waals surface area contributed by atoms with Crippen molar-refractivity contribution in [3.63, 3.8) is 0 Å². The number of aliphatic hydroxyl groups excluding tert-OH is 1. The maximum atomic E-state index is 11.6. The first kappa shape index (κ1) is 14.4. The molecule has 5 heteroatoms. The first-order valence-corrected chi connectivity index (χ1v) is 6.04. The number of carbonyl (C=O) groups is 1. The summed E-state index contributed by atoms with van der Waals surface area (Å²) in [6.07, 6.45) is 1.10. The minimum Gasteiger partial charge on any atom is -0.389 e. The van der Waals surface area contributed by atoms with Gasteiger partial charge < -0.3 is 15.3 Å². The summed E-state index contributed by atoms with van der Waals surface area (Å²) in [7, 11) is 1.81. The van der Waals surface area contributed by atoms with Crippen LogP contribution >= 0.6 is 0 Å². The molecule has 1 atom stereocenters. The smallest absolute Gasteiger partial charge is 0.239 e. The summed E-state index contributed by atoms with van der Waals surface area (Å²) in [5.74, 6) is 0.673. The van der Waals surface area contributed by atoms with E-state index in [2.05, 4.69) is 10.3 Å². The number of nitrogens with zero attached hydrogens (tertiary/aromatic N) is 2. The van der Waals surface area contributed by atoms with Crippen molar-refractivity contribution < 1.29 is 9.90 Å². The molecular formula is C13H21N3O2. The van der Waals surface area contributed by atoms with Crippen molar-refractivity contribution in [3.05, 3.63) is 23.9 Å². The molecule has 2 N–H and O–H groups in total. The van der Waals surface area contributed by atoms with E-state index in [4.69, 9.17) is 0 Å². The topological polar surface area (TPSA) is 65.5 Å². The molecule has 1 rings (SSSR count). The lowest BCUT2D eigenvalue weighted by Gasteiger charge is -2.19. The Bertz CT molecular complexity index is 388. The highest BCUT2D eigenvalue weighted by atomic mass is 16.3. The molecule has 0 saturated heterocycles. The average molecular weight is 251 g/mol. The van der Waals surface area contributed by atoms with E-state index in [1.807, 2.05) is 27.0 Å². The van der Waals surface area contributed by atoms with E-state index in [0.29, 0.717) is 5.82 Å². The molecule has 5 nitrogen and oxygen atoms in total. The second kappa shape index (κ2) is 6.35. The van der Waals surface area contributed by atoms with Crippen molar-refractivity contribution in [2.75, 3.05) is 18.5 Å². The molecule has 0 fully saturated rings. The van der Waals surface area contributed by atoms with Crippen molar-refractivity contribution in [2.24, 2.45) is 0 Å². The Labute approximate surface area is 108 Å². The van der Waals surface area contributed by atoms with E-state index in [0.717, 1.165) is 5.56 Å². The van der Waals surface area contributed by atoms with E-state index in [9.17, 15) is 9.90 Å². The van der Waals surface area contributed by atoms with Gasteiger partial charge in [-0.3, -0.25) is 4.79 Å². The highest BCUT2D eigenvalue weighted by Gasteiger charge is 2.10. The number of aliphatic hydroxyl groups is 1. The summed E-state index contributed by atoms with van der Waals surface area (Å²) in [5, 5.41) is 12.2. The lowest BCUT2D eigenvalue weighted by molar-refractivity contribution is -0.120. The van der Waals surface area contributed by atoms with Gasteiger partial charge in [-0.05, 0) is 32.4 Å². The molecule has 100 valence electrons. The predicted octanol–water partition coefficient (Wildman–Crippen LogP) is 1.10. The number of carbonyl (C=O) groups excluding carboxylic acids is 1. The van der Waals surface area contributed by atoms with Gasteiger partial charge in [-0.25, -0.2) is 4.98 Å². The van der Waals surface area contributed by atoms with Crippen molar-refractivity contribution in [1.29, 1.82) is 0 Å². The number of anilines is 1. The second-order valence-corrected chi connectivity index (χ2v) is 4.70. The SMILES string of the molecule is CC(C)NC(=O)CN(C)c1ccc([C@@H](C)O)cn1. The molecule has 1 heterocycles. The Hall–Kier alpha value is -1.62. The number of pyridine rings is 1. The molecule has 1 amide bonds. The van der Waals surface area contributed by atoms with Crippen molar-refractivity contribution in [2.45, 2.75) is 32.9 Å². The van der Waals surface area contributed by atoms with Crippen LogP contribution in [0.4, 0.5) is 5.82 Å². The molecule has 0 aliphatic carbocycles. The summed E-state index contributed by atoms with van der Waals surface area (Å²) in [6.45, 7) is 5.80. The number of nitrogens with one attached hydrogen (secondary N) is 1. The molecule has 0 saturated carbocycles. The number of rotatable bonds is 5. The third-order valence-corrected chi connectivity index (χ3v) is 2.47. The lowest BCUT2D eigenvalue weighted by Crippen LogP contribution is -2.38. The lowest BCUT2D eigenvalue weighted by atomic mass is 10.2. The van der Waals surface area contributed by atoms with Crippen LogP contribution < -0.4 is 10.2 Å². The highest BCUT2D eigenvalue weighted by Crippen LogP contribution is 2.14. The Morgan fingerprint density at radius 2 is 2.11 bits per heavy atom. The van der Waals surface area contributed by atoms with Crippen LogP contribution in [0, 0.1) is 0 Å². The first-order valence-electron chi connectivity index (χ1n) is 6.04. The minimum absolute atomic E-state index is 0.0334. The number of hydrogen-bond donors (Lipinski definition) is 2. The van der Waals surface area contributed by atoms with Gasteiger partial charge in [-0.15, -0.1) is 0 Å². The molecule has 0 radical (unpaired) electrons. The fourth-order valence-corrected chi connectivity index (χ4v) is 1.53. The van der Waals surface area contributed by atoms with Crippen molar-refractivity contribution in [3.8, 4) is 0 Å². The van der Waals surface area contributed by atoms with Crippen LogP contribution in [0.15, 0.2) is 18.3 Å². The van der Waals surface area contributed by atoms with Crippen LogP contribution in [0.5, 0.6) is 0 Å². The second-order valence-electron chi connectivity index (χ2n) is 4.70. The largest absolute Gasteiger partial charge is 0.389 e. The Morgan fingerprint density at radius 1 is 1.44 bits per heavy atom. The number of amides is 1. The molecular weight excluding hydrogens is 230 g/mol. The molecule has 0 unspecified atom stereocenters. The minimum atomic E-state index is -0.527. The van der Waals surface area contributed by atoms with Gasteiger partial charge in [0.25, 0.3) is 0 Å². The first-order chi connectivity index (χ1) is 8.40. The molecule has 0 bridgehead atoms. The van der Waals surface area contributed by atoms with Gasteiger partial charge >= 0.3 is 0 Å². The number of aromatic nitrogens is 1. The maximum Gasteiger partial charge on any atom is 0.239 e. The van der Waals surface area contributed by atoms with E-state index in [1.54, 1.807) is 24.1 Å². The van der Waals surface area contributed by atoms with E-state index >= 15 is 0 Å². The van der Waals surface area contributed by atoms with Gasteiger partial charge in [0.1, 0.15) is 5.82 Å². The maximum absolute atomic E-state index is 11.6. The number of hydrogen-bond acceptors (Lipinski definition) is 4. The third-order valence-electron chi connectivity index (χ3n) is 2.47. The molecule has 0 aliphatic rings. The zero-order chi connectivity index (χ0) is 13.7. The van der Waals surface area contributed by atoms with Crippen LogP contribution in [0.1, 0.15) is 32.4 Å². The fraction of sp³-hybridized carbons (Fsp3) is 0.538. The summed E-state index contributed by atoms with van der Waals surface area (Å²) < 4.78 is 0. The predicted molar refractivity (Wildman–Crippen MR) is 71.4 cm³/mol. The van der Waals surface area contributed by atoms with Gasteiger partial charge in [0, 0.05) is 19.3 Å². The molecule has 0 aromatic carbocycles. The zero-order valence-corrected chi connectivity index (χ0v) is 11.3. The molecule has 18 heavy (non-hydrogen) atoms. The summed E-state index contributed by atoms with van der Waals surface area (Å²) >= 11 is 0. The van der Waals surface area contributed by atoms with Crippen LogP contribution in [-0.2, 0) is 4.79 Å². The van der Waals surface area contributed by atoms with Crippen LogP contribution in [0.3, 0.4) is 0 Å². The highest BCUT2D eigenvalue weighted by molar-refractivity contribution is 5.81. The van der Waals surface area contributed by atoms with Gasteiger partial charge in [-0.2, -0.15) is 0 Å². The van der Waals surface area contributed by atoms with E-state index in [-0.39, 0.29) is 18.5 Å². The molecule has 0 aliphatic heterocycles. The summed E-state index contributed by atoms with van der Waals surface area (Å²) in [6, 6.07) is 3.74. The summed E-state index contributed by atoms with van der Waals surface area (Å²) in [4.78, 5) is 17.6. The van der Waals surface area contributed by atoms with Crippen LogP contribution in [-0.4, -0.2) is 35.6 Å². The Kier molecular flexibility index (Phi) is 5.09. The molecule has 1 aromatic heterocycles. The van der Waals surface area contributed by atoms with Crippen molar-refractivity contribution in [1.82, 2.24) is 10.3 Å². The zero-order valence-electron chi connectivity index (χ0n) is 11.3. The Morgan fingerprint density at radius 3 is 2.56 bits per heavy atom. The fourth-order valence-electron chi connectivity index (χ4n) is 1.53. The van der Waals surface area contributed by atoms with Crippen molar-refractivity contribution >= 4 is 11.7 Å². The van der Waals surface area contributed by atoms with Gasteiger partial charge in [-0.1, -0.05) is 6.07 Å². The van der Waals surface area contributed by atoms with E-state index in [1.165, 1.54) is 0 Å². The molecule has 1 aromatic rings. The Balaban J connectivity index is 2.61. The van der Waals surface area contributed by atoms with Gasteiger partial charge in [0.05, 0.1) is 12.6 Å². The summed E-state index contributed by atoms with van der Waals surface area (Å²) in [5.41, 5.74) is 0.763. The average Bonchev–Trinajstić information content (AvgIpc) is 2.27. The standard InChI is InChI=1S/C13H21N3O2/c1-9(2)15-13(18)8-16(4)12-6-5-11(7-14-12)10(3)17/h5-7,9-10,17H,8H2,1-4H3,(H,15,18)/t10-/m1/s1. The normalized spacial score (nSPS) is 12.3. The monoisotopic (exact) mass is 251 g/mol. The molecule has 0 spiro atoms. The van der Waals surface area contributed by atoms with E-state index < -0.39 is 6.10 Å². The van der Waals surface area contributed by atoms with Crippen LogP contribution in [0.25, 0.3) is 0 Å². The van der Waals surface area contributed by atoms with Gasteiger partial charge in [0.15, 0.2) is 0 Å². The van der Waals surface area contributed by atoms with Crippen LogP contribution in [0.2, 0.25) is 0 Å². The third kappa shape index (κ3) is 4.33. The quantitative estimate of drug-likeness (QED) is 0.822. The number of likely N-dealkylation sites (N-methyl/N-ethyl adjacent to an activating group) is 1. The van der Waals surface area contributed by atoms with Gasteiger partial charge in [0.2, 0.25) is 5.91 Å².